The first-order valence-corrected chi connectivity index (χ1v) is 7.10. The lowest BCUT2D eigenvalue weighted by atomic mass is 10.2. The minimum absolute atomic E-state index is 0.417. The maximum Gasteiger partial charge on any atom is 0.240 e. The lowest BCUT2D eigenvalue weighted by molar-refractivity contribution is 0.954. The minimum Gasteiger partial charge on any atom is -0.369 e. The van der Waals surface area contributed by atoms with E-state index < -0.39 is 0 Å². The molecule has 3 heterocycles. The van der Waals surface area contributed by atoms with Crippen LogP contribution in [-0.2, 0) is 6.42 Å². The summed E-state index contributed by atoms with van der Waals surface area (Å²) in [5.41, 5.74) is 3.54. The topological polar surface area (TPSA) is 88.8 Å². The molecule has 0 fully saturated rings. The highest BCUT2D eigenvalue weighted by molar-refractivity contribution is 7.16. The Morgan fingerprint density at radius 1 is 1.20 bits per heavy atom. The smallest absolute Gasteiger partial charge is 0.240 e. The third-order valence-electron chi connectivity index (χ3n) is 2.85. The molecule has 0 spiro atoms. The number of hydrogen-bond acceptors (Lipinski definition) is 7. The van der Waals surface area contributed by atoms with Crippen molar-refractivity contribution in [3.8, 4) is 0 Å². The first kappa shape index (κ1) is 12.8. The summed E-state index contributed by atoms with van der Waals surface area (Å²) in [7, 11) is 0. The van der Waals surface area contributed by atoms with Gasteiger partial charge in [0, 0.05) is 24.9 Å². The second-order valence-electron chi connectivity index (χ2n) is 4.18. The number of nitrogens with zero attached hydrogens (tertiary/aromatic N) is 3. The van der Waals surface area contributed by atoms with Crippen LogP contribution in [0.25, 0.3) is 10.2 Å². The fraction of sp³-hybridized carbons (Fsp3) is 0.154. The third kappa shape index (κ3) is 2.68. The number of hydrogen-bond donors (Lipinski definition) is 3. The van der Waals surface area contributed by atoms with Gasteiger partial charge in [-0.2, -0.15) is 4.98 Å². The Morgan fingerprint density at radius 3 is 2.95 bits per heavy atom. The van der Waals surface area contributed by atoms with E-state index in [1.165, 1.54) is 0 Å². The zero-order valence-corrected chi connectivity index (χ0v) is 11.5. The molecule has 0 bridgehead atoms. The summed E-state index contributed by atoms with van der Waals surface area (Å²) in [5, 5.41) is 6.32. The van der Waals surface area contributed by atoms with Gasteiger partial charge < -0.3 is 5.32 Å². The monoisotopic (exact) mass is 286 g/mol. The van der Waals surface area contributed by atoms with Gasteiger partial charge in [-0.05, 0) is 23.6 Å². The van der Waals surface area contributed by atoms with Crippen LogP contribution in [0, 0.1) is 0 Å². The normalized spacial score (nSPS) is 10.7. The molecule has 4 N–H and O–H groups in total. The van der Waals surface area contributed by atoms with Gasteiger partial charge in [0.25, 0.3) is 0 Å². The molecule has 3 aromatic rings. The highest BCUT2D eigenvalue weighted by atomic mass is 32.1. The zero-order valence-electron chi connectivity index (χ0n) is 10.7. The van der Waals surface area contributed by atoms with Crippen LogP contribution < -0.4 is 16.6 Å². The predicted molar refractivity (Wildman–Crippen MR) is 81.7 cm³/mol. The summed E-state index contributed by atoms with van der Waals surface area (Å²) in [4.78, 5) is 13.9. The second kappa shape index (κ2) is 5.81. The van der Waals surface area contributed by atoms with Crippen molar-refractivity contribution in [3.05, 3.63) is 41.5 Å². The molecule has 0 saturated carbocycles. The van der Waals surface area contributed by atoms with E-state index in [2.05, 4.69) is 25.7 Å². The number of nitrogen functional groups attached to an aromatic ring is 1. The summed E-state index contributed by atoms with van der Waals surface area (Å²) in [6, 6.07) is 7.91. The fourth-order valence-corrected chi connectivity index (χ4v) is 2.67. The number of fused-ring (bicyclic) bond motifs is 1. The van der Waals surface area contributed by atoms with E-state index in [1.54, 1.807) is 17.5 Å². The number of aromatic nitrogens is 3. The van der Waals surface area contributed by atoms with Crippen LogP contribution in [0.15, 0.2) is 35.8 Å². The average molecular weight is 286 g/mol. The average Bonchev–Trinajstić information content (AvgIpc) is 2.96. The van der Waals surface area contributed by atoms with E-state index in [0.717, 1.165) is 34.7 Å². The molecule has 0 saturated heterocycles. The molecular weight excluding hydrogens is 272 g/mol. The lowest BCUT2D eigenvalue weighted by Crippen LogP contribution is -2.13. The van der Waals surface area contributed by atoms with Gasteiger partial charge in [0.1, 0.15) is 10.6 Å². The number of nitrogens with two attached hydrogens (primary N) is 1. The molecule has 6 nitrogen and oxygen atoms in total. The van der Waals surface area contributed by atoms with Gasteiger partial charge in [0.05, 0.1) is 5.39 Å². The SMILES string of the molecule is NNc1nc(NCCc2ccccn2)c2ccsc2n1. The first-order valence-electron chi connectivity index (χ1n) is 6.22. The summed E-state index contributed by atoms with van der Waals surface area (Å²) in [6.45, 7) is 0.753. The Morgan fingerprint density at radius 2 is 2.15 bits per heavy atom. The van der Waals surface area contributed by atoms with E-state index in [0.29, 0.717) is 5.95 Å². The van der Waals surface area contributed by atoms with Crippen LogP contribution in [-0.4, -0.2) is 21.5 Å². The van der Waals surface area contributed by atoms with Crippen molar-refractivity contribution in [2.75, 3.05) is 17.3 Å². The maximum atomic E-state index is 5.39. The standard InChI is InChI=1S/C13H14N6S/c14-19-13-17-11(10-5-8-20-12(10)18-13)16-7-4-9-3-1-2-6-15-9/h1-3,5-6,8H,4,7,14H2,(H2,16,17,18,19). The molecule has 0 aliphatic carbocycles. The highest BCUT2D eigenvalue weighted by Crippen LogP contribution is 2.26. The first-order chi connectivity index (χ1) is 9.86. The summed E-state index contributed by atoms with van der Waals surface area (Å²) < 4.78 is 0. The summed E-state index contributed by atoms with van der Waals surface area (Å²) in [6.07, 6.45) is 2.63. The van der Waals surface area contributed by atoms with Crippen LogP contribution in [0.5, 0.6) is 0 Å². The van der Waals surface area contributed by atoms with E-state index in [1.807, 2.05) is 29.6 Å². The van der Waals surface area contributed by atoms with Gasteiger partial charge in [0.15, 0.2) is 0 Å². The lowest BCUT2D eigenvalue weighted by Gasteiger charge is -2.08. The number of anilines is 2. The fourth-order valence-electron chi connectivity index (χ4n) is 1.91. The number of hydrazine groups is 1. The number of thiophene rings is 1. The largest absolute Gasteiger partial charge is 0.369 e. The van der Waals surface area contributed by atoms with E-state index in [4.69, 9.17) is 5.84 Å². The molecule has 0 aliphatic rings. The van der Waals surface area contributed by atoms with Crippen molar-refractivity contribution in [2.45, 2.75) is 6.42 Å². The number of rotatable bonds is 5. The van der Waals surface area contributed by atoms with Crippen LogP contribution >= 0.6 is 11.3 Å². The van der Waals surface area contributed by atoms with E-state index >= 15 is 0 Å². The van der Waals surface area contributed by atoms with Gasteiger partial charge in [-0.25, -0.2) is 10.8 Å². The molecule has 0 aliphatic heterocycles. The molecule has 0 radical (unpaired) electrons. The molecule has 3 aromatic heterocycles. The summed E-state index contributed by atoms with van der Waals surface area (Å²) >= 11 is 1.56. The third-order valence-corrected chi connectivity index (χ3v) is 3.66. The van der Waals surface area contributed by atoms with Gasteiger partial charge in [0.2, 0.25) is 5.95 Å². The number of nitrogens with one attached hydrogen (secondary N) is 2. The van der Waals surface area contributed by atoms with Crippen molar-refractivity contribution in [3.63, 3.8) is 0 Å². The molecule has 0 aromatic carbocycles. The molecule has 0 amide bonds. The van der Waals surface area contributed by atoms with E-state index in [9.17, 15) is 0 Å². The second-order valence-corrected chi connectivity index (χ2v) is 5.07. The van der Waals surface area contributed by atoms with Crippen LogP contribution in [0.4, 0.5) is 11.8 Å². The molecule has 3 rings (SSSR count). The van der Waals surface area contributed by atoms with E-state index in [-0.39, 0.29) is 0 Å². The van der Waals surface area contributed by atoms with Crippen LogP contribution in [0.1, 0.15) is 5.69 Å². The Hall–Kier alpha value is -2.25. The molecule has 0 unspecified atom stereocenters. The molecule has 20 heavy (non-hydrogen) atoms. The Bertz CT molecular complexity index is 696. The zero-order chi connectivity index (χ0) is 13.8. The van der Waals surface area contributed by atoms with Gasteiger partial charge in [-0.15, -0.1) is 11.3 Å². The Labute approximate surface area is 120 Å². The summed E-state index contributed by atoms with van der Waals surface area (Å²) in [5.74, 6) is 6.60. The van der Waals surface area contributed by atoms with Crippen LogP contribution in [0.3, 0.4) is 0 Å². The van der Waals surface area contributed by atoms with Crippen LogP contribution in [0.2, 0.25) is 0 Å². The maximum absolute atomic E-state index is 5.39. The van der Waals surface area contributed by atoms with Crippen molar-refractivity contribution in [1.82, 2.24) is 15.0 Å². The number of pyridine rings is 1. The van der Waals surface area contributed by atoms with Crippen molar-refractivity contribution >= 4 is 33.3 Å². The highest BCUT2D eigenvalue weighted by Gasteiger charge is 2.07. The molecule has 7 heteroatoms. The Kier molecular flexibility index (Phi) is 3.71. The molecule has 102 valence electrons. The molecule has 0 atom stereocenters. The van der Waals surface area contributed by atoms with Crippen molar-refractivity contribution in [1.29, 1.82) is 0 Å². The quantitative estimate of drug-likeness (QED) is 0.491. The minimum atomic E-state index is 0.417. The van der Waals surface area contributed by atoms with Crippen molar-refractivity contribution in [2.24, 2.45) is 5.84 Å². The van der Waals surface area contributed by atoms with Crippen molar-refractivity contribution < 1.29 is 0 Å². The van der Waals surface area contributed by atoms with Gasteiger partial charge >= 0.3 is 0 Å². The van der Waals surface area contributed by atoms with Gasteiger partial charge in [-0.3, -0.25) is 10.4 Å². The van der Waals surface area contributed by atoms with Gasteiger partial charge in [-0.1, -0.05) is 6.07 Å². The predicted octanol–water partition coefficient (Wildman–Crippen LogP) is 2.03. The molecular formula is C13H14N6S. The Balaban J connectivity index is 1.75.